The first-order valence-corrected chi connectivity index (χ1v) is 8.45. The van der Waals surface area contributed by atoms with Crippen molar-refractivity contribution in [3.63, 3.8) is 0 Å². The minimum absolute atomic E-state index is 0. The zero-order valence-electron chi connectivity index (χ0n) is 15.3. The van der Waals surface area contributed by atoms with Gasteiger partial charge < -0.3 is 0 Å². The van der Waals surface area contributed by atoms with Gasteiger partial charge in [-0.1, -0.05) is 30.3 Å². The molecule has 0 aliphatic carbocycles. The van der Waals surface area contributed by atoms with E-state index in [1.54, 1.807) is 32.9 Å². The molecule has 0 saturated heterocycles. The van der Waals surface area contributed by atoms with E-state index in [1.807, 2.05) is 6.07 Å². The van der Waals surface area contributed by atoms with E-state index in [0.29, 0.717) is 0 Å². The van der Waals surface area contributed by atoms with E-state index in [1.165, 1.54) is 12.2 Å². The van der Waals surface area contributed by atoms with Crippen molar-refractivity contribution in [2.45, 2.75) is 32.9 Å². The third kappa shape index (κ3) is 24.1. The van der Waals surface area contributed by atoms with Crippen molar-refractivity contribution in [2.24, 2.45) is 5.11 Å². The molecule has 0 rings (SSSR count). The van der Waals surface area contributed by atoms with Crippen LogP contribution in [-0.4, -0.2) is 25.4 Å². The molecular weight excluding hydrogens is 435 g/mol. The number of hydrogen-bond donors (Lipinski definition) is 0. The Morgan fingerprint density at radius 3 is 1.93 bits per heavy atom. The first kappa shape index (κ1) is 37.0. The maximum atomic E-state index is 12.1. The Bertz CT molecular complexity index is 598. The summed E-state index contributed by atoms with van der Waals surface area (Å²) < 4.78 is 49.5. The standard InChI is InChI=1S/C12H19N4O4P.3CO.Fe/c1-4-18-21(17,19-5-2)20-12(10-13)9-7-6-8-11(3)15-16-14;3*1-2;/h6-9,11-12H,4-5H2,1-3H3;;;;/b8-6+,9-7+;;;;/t11-,12?;;;;/m1..../s1. The average molecular weight is 454 g/mol. The smallest absolute Gasteiger partial charge is 0 e. The molecule has 0 radical (unpaired) electrons. The van der Waals surface area contributed by atoms with Gasteiger partial charge in [0.25, 0.3) is 0 Å². The SMILES string of the molecule is CCOP(=O)(OCC)OC(C#N)/C=C/C=C/[C@@H](C)N=[N+]=[N-].[C-]#[O+].[C-]#[O+].[C-]#[O+].[Fe]. The van der Waals surface area contributed by atoms with Gasteiger partial charge in [-0.05, 0) is 25.5 Å². The number of hydrogen-bond acceptors (Lipinski definition) is 6. The molecule has 0 heterocycles. The molecule has 0 aromatic carbocycles. The molecule has 0 aliphatic heterocycles. The van der Waals surface area contributed by atoms with Crippen LogP contribution in [0.25, 0.3) is 10.4 Å². The molecule has 28 heavy (non-hydrogen) atoms. The summed E-state index contributed by atoms with van der Waals surface area (Å²) in [4.78, 5) is 2.66. The zero-order chi connectivity index (χ0) is 22.1. The predicted molar refractivity (Wildman–Crippen MR) is 90.0 cm³/mol. The number of phosphoric ester groups is 1. The van der Waals surface area contributed by atoms with Crippen LogP contribution in [0.2, 0.25) is 0 Å². The Balaban J connectivity index is -0.000000228. The van der Waals surface area contributed by atoms with Crippen LogP contribution < -0.4 is 0 Å². The summed E-state index contributed by atoms with van der Waals surface area (Å²) >= 11 is 0. The van der Waals surface area contributed by atoms with Crippen LogP contribution in [-0.2, 0) is 49.2 Å². The molecule has 13 heteroatoms. The second-order valence-corrected chi connectivity index (χ2v) is 5.27. The van der Waals surface area contributed by atoms with Crippen molar-refractivity contribution in [3.05, 3.63) is 54.7 Å². The monoisotopic (exact) mass is 454 g/mol. The van der Waals surface area contributed by atoms with Crippen molar-refractivity contribution in [3.8, 4) is 6.07 Å². The van der Waals surface area contributed by atoms with Gasteiger partial charge in [-0.15, -0.1) is 0 Å². The molecule has 0 fully saturated rings. The third-order valence-electron chi connectivity index (χ3n) is 1.96. The number of rotatable bonds is 10. The number of nitrogens with zero attached hydrogens (tertiary/aromatic N) is 4. The molecule has 2 atom stereocenters. The molecular formula is C15H19FeN4O7P. The summed E-state index contributed by atoms with van der Waals surface area (Å²) in [6.07, 6.45) is 5.08. The minimum atomic E-state index is -3.73. The van der Waals surface area contributed by atoms with Gasteiger partial charge in [0.1, 0.15) is 0 Å². The molecule has 0 aromatic heterocycles. The molecule has 0 aromatic rings. The normalized spacial score (nSPS) is 11.3. The van der Waals surface area contributed by atoms with Crippen LogP contribution in [0.1, 0.15) is 20.8 Å². The second kappa shape index (κ2) is 29.9. The summed E-state index contributed by atoms with van der Waals surface area (Å²) in [5, 5.41) is 12.4. The molecule has 0 bridgehead atoms. The maximum Gasteiger partial charge on any atom is 0 e. The number of azide groups is 1. The van der Waals surface area contributed by atoms with Crippen LogP contribution in [0.15, 0.2) is 29.4 Å². The van der Waals surface area contributed by atoms with E-state index in [0.717, 1.165) is 0 Å². The quantitative estimate of drug-likeness (QED) is 0.0712. The molecule has 0 spiro atoms. The first-order chi connectivity index (χ1) is 13.0. The maximum absolute atomic E-state index is 12.1. The van der Waals surface area contributed by atoms with Crippen LogP contribution in [0, 0.1) is 31.3 Å². The molecule has 0 aliphatic rings. The minimum Gasteiger partial charge on any atom is 0 e. The Hall–Kier alpha value is -1.87. The van der Waals surface area contributed by atoms with E-state index in [2.05, 4.69) is 30.0 Å². The third-order valence-corrected chi connectivity index (χ3v) is 3.60. The van der Waals surface area contributed by atoms with Crippen molar-refractivity contribution < 1.29 is 49.2 Å². The van der Waals surface area contributed by atoms with Gasteiger partial charge in [0.05, 0.1) is 25.3 Å². The Kier molecular flexibility index (Phi) is 39.4. The summed E-state index contributed by atoms with van der Waals surface area (Å²) in [6.45, 7) is 18.8. The summed E-state index contributed by atoms with van der Waals surface area (Å²) in [5.41, 5.74) is 8.23. The van der Waals surface area contributed by atoms with Gasteiger partial charge in [0, 0.05) is 22.0 Å². The fourth-order valence-electron chi connectivity index (χ4n) is 1.17. The molecule has 154 valence electrons. The van der Waals surface area contributed by atoms with E-state index < -0.39 is 13.9 Å². The second-order valence-electron chi connectivity index (χ2n) is 3.65. The van der Waals surface area contributed by atoms with Crippen LogP contribution in [0.3, 0.4) is 0 Å². The van der Waals surface area contributed by atoms with Crippen LogP contribution in [0.4, 0.5) is 0 Å². The predicted octanol–water partition coefficient (Wildman–Crippen LogP) is 3.77. The van der Waals surface area contributed by atoms with E-state index in [9.17, 15) is 4.57 Å². The van der Waals surface area contributed by atoms with Crippen molar-refractivity contribution in [1.82, 2.24) is 0 Å². The van der Waals surface area contributed by atoms with E-state index in [4.69, 9.17) is 38.3 Å². The van der Waals surface area contributed by atoms with Crippen LogP contribution >= 0.6 is 7.82 Å². The van der Waals surface area contributed by atoms with E-state index >= 15 is 0 Å². The van der Waals surface area contributed by atoms with Crippen LogP contribution in [0.5, 0.6) is 0 Å². The molecule has 0 amide bonds. The molecule has 0 saturated carbocycles. The molecule has 0 N–H and O–H groups in total. The van der Waals surface area contributed by atoms with Crippen molar-refractivity contribution >= 4 is 7.82 Å². The molecule has 11 nitrogen and oxygen atoms in total. The van der Waals surface area contributed by atoms with Gasteiger partial charge in [0.2, 0.25) is 0 Å². The largest absolute Gasteiger partial charge is 0 e. The Morgan fingerprint density at radius 2 is 1.57 bits per heavy atom. The molecule has 1 unspecified atom stereocenters. The first-order valence-electron chi connectivity index (χ1n) is 6.98. The van der Waals surface area contributed by atoms with Gasteiger partial charge >= 0.3 is 41.7 Å². The zero-order valence-corrected chi connectivity index (χ0v) is 17.3. The van der Waals surface area contributed by atoms with Crippen molar-refractivity contribution in [2.75, 3.05) is 13.2 Å². The summed E-state index contributed by atoms with van der Waals surface area (Å²) in [7, 11) is -3.73. The van der Waals surface area contributed by atoms with Gasteiger partial charge in [-0.3, -0.25) is 13.6 Å². The van der Waals surface area contributed by atoms with Gasteiger partial charge in [-0.2, -0.15) is 5.26 Å². The number of allylic oxidation sites excluding steroid dienone is 2. The fourth-order valence-corrected chi connectivity index (χ4v) is 2.39. The average Bonchev–Trinajstić information content (AvgIpc) is 2.69. The fraction of sp³-hybridized carbons (Fsp3) is 0.467. The van der Waals surface area contributed by atoms with E-state index in [-0.39, 0.29) is 36.3 Å². The topological polar surface area (TPSA) is 177 Å². The summed E-state index contributed by atoms with van der Waals surface area (Å²) in [6, 6.07) is 1.52. The number of phosphoric acid groups is 1. The van der Waals surface area contributed by atoms with Crippen molar-refractivity contribution in [1.29, 1.82) is 5.26 Å². The van der Waals surface area contributed by atoms with Gasteiger partial charge in [0.15, 0.2) is 6.10 Å². The Morgan fingerprint density at radius 1 is 1.14 bits per heavy atom. The summed E-state index contributed by atoms with van der Waals surface area (Å²) in [5.74, 6) is 0. The Labute approximate surface area is 174 Å². The van der Waals surface area contributed by atoms with Gasteiger partial charge in [-0.25, -0.2) is 4.57 Å². The number of nitriles is 1.